The Bertz CT molecular complexity index is 1470. The molecule has 0 fully saturated rings. The van der Waals surface area contributed by atoms with Crippen LogP contribution in [-0.4, -0.2) is 29.4 Å². The molecular formula is C29H26ClN3O4. The number of para-hydroxylation sites is 1. The lowest BCUT2D eigenvalue weighted by Crippen LogP contribution is -2.32. The molecule has 3 aromatic carbocycles. The SMILES string of the molecule is Cc1ccc(Cl)c(C(=O)Nc2ccc(C(=O)N3CCC4CC(C(=O)O)=C[C@@H]4c4ccccc43)cc2N)c1. The van der Waals surface area contributed by atoms with Crippen LogP contribution in [0.25, 0.3) is 0 Å². The number of aliphatic carboxylic acids is 1. The molecule has 1 unspecified atom stereocenters. The predicted octanol–water partition coefficient (Wildman–Crippen LogP) is 5.65. The van der Waals surface area contributed by atoms with E-state index in [-0.39, 0.29) is 29.3 Å². The number of nitrogen functional groups attached to an aromatic ring is 1. The first kappa shape index (κ1) is 24.6. The number of allylic oxidation sites excluding steroid dienone is 1. The Kier molecular flexibility index (Phi) is 6.48. The number of hydrogen-bond acceptors (Lipinski definition) is 4. The van der Waals surface area contributed by atoms with Crippen molar-refractivity contribution >= 4 is 46.4 Å². The summed E-state index contributed by atoms with van der Waals surface area (Å²) in [5.74, 6) is -1.40. The number of halogens is 1. The number of aryl methyl sites for hydroxylation is 1. The number of rotatable bonds is 4. The van der Waals surface area contributed by atoms with Gasteiger partial charge >= 0.3 is 5.97 Å². The van der Waals surface area contributed by atoms with Gasteiger partial charge in [0, 0.05) is 29.3 Å². The highest BCUT2D eigenvalue weighted by atomic mass is 35.5. The molecule has 0 aromatic heterocycles. The molecule has 37 heavy (non-hydrogen) atoms. The third-order valence-corrected chi connectivity index (χ3v) is 7.44. The van der Waals surface area contributed by atoms with E-state index < -0.39 is 5.97 Å². The number of carboxylic acid groups (broad SMARTS) is 1. The van der Waals surface area contributed by atoms with Crippen molar-refractivity contribution < 1.29 is 19.5 Å². The number of carbonyl (C=O) groups is 3. The molecule has 0 bridgehead atoms. The number of amides is 2. The van der Waals surface area contributed by atoms with Crippen LogP contribution in [0.1, 0.15) is 50.6 Å². The van der Waals surface area contributed by atoms with Gasteiger partial charge in [0.1, 0.15) is 0 Å². The van der Waals surface area contributed by atoms with Crippen LogP contribution >= 0.6 is 11.6 Å². The van der Waals surface area contributed by atoms with E-state index in [0.29, 0.717) is 46.8 Å². The molecule has 8 heteroatoms. The van der Waals surface area contributed by atoms with Crippen LogP contribution < -0.4 is 16.0 Å². The van der Waals surface area contributed by atoms with Crippen molar-refractivity contribution in [3.8, 4) is 0 Å². The van der Waals surface area contributed by atoms with Crippen molar-refractivity contribution in [2.45, 2.75) is 25.7 Å². The summed E-state index contributed by atoms with van der Waals surface area (Å²) >= 11 is 6.19. The van der Waals surface area contributed by atoms with Gasteiger partial charge in [-0.2, -0.15) is 0 Å². The lowest BCUT2D eigenvalue weighted by Gasteiger charge is -2.24. The molecule has 1 aliphatic heterocycles. The number of carboxylic acids is 1. The number of nitrogens with zero attached hydrogens (tertiary/aromatic N) is 1. The maximum Gasteiger partial charge on any atom is 0.331 e. The minimum absolute atomic E-state index is 0.0452. The number of hydrogen-bond donors (Lipinski definition) is 3. The van der Waals surface area contributed by atoms with E-state index in [1.807, 2.05) is 43.3 Å². The van der Waals surface area contributed by atoms with Crippen molar-refractivity contribution in [3.63, 3.8) is 0 Å². The van der Waals surface area contributed by atoms with Gasteiger partial charge in [0.2, 0.25) is 0 Å². The van der Waals surface area contributed by atoms with E-state index in [1.54, 1.807) is 35.2 Å². The Morgan fingerprint density at radius 3 is 2.62 bits per heavy atom. The molecule has 0 spiro atoms. The van der Waals surface area contributed by atoms with Gasteiger partial charge in [0.25, 0.3) is 11.8 Å². The highest BCUT2D eigenvalue weighted by molar-refractivity contribution is 6.34. The number of carbonyl (C=O) groups excluding carboxylic acids is 2. The molecule has 2 amide bonds. The molecule has 7 nitrogen and oxygen atoms in total. The first-order valence-corrected chi connectivity index (χ1v) is 12.4. The van der Waals surface area contributed by atoms with E-state index in [9.17, 15) is 19.5 Å². The second-order valence-electron chi connectivity index (χ2n) is 9.53. The van der Waals surface area contributed by atoms with Crippen LogP contribution in [0, 0.1) is 12.8 Å². The summed E-state index contributed by atoms with van der Waals surface area (Å²) in [5.41, 5.74) is 10.7. The molecule has 1 aliphatic carbocycles. The van der Waals surface area contributed by atoms with Crippen molar-refractivity contribution in [2.75, 3.05) is 22.5 Å². The molecule has 5 rings (SSSR count). The Labute approximate surface area is 219 Å². The van der Waals surface area contributed by atoms with Gasteiger partial charge in [0.05, 0.1) is 22.0 Å². The third kappa shape index (κ3) is 4.70. The highest BCUT2D eigenvalue weighted by Gasteiger charge is 2.37. The molecule has 2 atom stereocenters. The lowest BCUT2D eigenvalue weighted by molar-refractivity contribution is -0.132. The van der Waals surface area contributed by atoms with Gasteiger partial charge in [-0.1, -0.05) is 47.5 Å². The van der Waals surface area contributed by atoms with Crippen LogP contribution in [0.2, 0.25) is 5.02 Å². The molecular weight excluding hydrogens is 490 g/mol. The normalized spacial score (nSPS) is 18.3. The second kappa shape index (κ2) is 9.75. The van der Waals surface area contributed by atoms with Gasteiger partial charge in [-0.15, -0.1) is 0 Å². The van der Waals surface area contributed by atoms with E-state index in [2.05, 4.69) is 5.32 Å². The van der Waals surface area contributed by atoms with E-state index in [1.165, 1.54) is 0 Å². The summed E-state index contributed by atoms with van der Waals surface area (Å²) in [6.07, 6.45) is 3.00. The smallest absolute Gasteiger partial charge is 0.331 e. The maximum atomic E-state index is 13.7. The van der Waals surface area contributed by atoms with Gasteiger partial charge < -0.3 is 21.1 Å². The lowest BCUT2D eigenvalue weighted by atomic mass is 9.87. The molecule has 2 aliphatic rings. The fourth-order valence-electron chi connectivity index (χ4n) is 5.22. The van der Waals surface area contributed by atoms with Crippen LogP contribution in [0.15, 0.2) is 72.3 Å². The Morgan fingerprint density at radius 2 is 1.86 bits per heavy atom. The first-order chi connectivity index (χ1) is 17.7. The minimum Gasteiger partial charge on any atom is -0.478 e. The van der Waals surface area contributed by atoms with Crippen molar-refractivity contribution in [1.82, 2.24) is 0 Å². The number of nitrogens with one attached hydrogen (secondary N) is 1. The summed E-state index contributed by atoms with van der Waals surface area (Å²) in [6, 6.07) is 17.7. The van der Waals surface area contributed by atoms with E-state index >= 15 is 0 Å². The molecule has 0 radical (unpaired) electrons. The van der Waals surface area contributed by atoms with Crippen molar-refractivity contribution in [1.29, 1.82) is 0 Å². The Hall–Kier alpha value is -4.10. The number of nitrogens with two attached hydrogens (primary N) is 1. The predicted molar refractivity (Wildman–Crippen MR) is 144 cm³/mol. The van der Waals surface area contributed by atoms with Gasteiger partial charge in [0.15, 0.2) is 0 Å². The third-order valence-electron chi connectivity index (χ3n) is 7.11. The van der Waals surface area contributed by atoms with Gasteiger partial charge in [-0.3, -0.25) is 9.59 Å². The topological polar surface area (TPSA) is 113 Å². The number of anilines is 3. The van der Waals surface area contributed by atoms with E-state index in [0.717, 1.165) is 16.8 Å². The van der Waals surface area contributed by atoms with E-state index in [4.69, 9.17) is 17.3 Å². The quantitative estimate of drug-likeness (QED) is 0.389. The summed E-state index contributed by atoms with van der Waals surface area (Å²) < 4.78 is 0. The molecule has 3 aromatic rings. The number of benzene rings is 3. The zero-order valence-electron chi connectivity index (χ0n) is 20.2. The zero-order valence-corrected chi connectivity index (χ0v) is 21.0. The number of fused-ring (bicyclic) bond motifs is 3. The summed E-state index contributed by atoms with van der Waals surface area (Å²) in [5, 5.41) is 12.6. The van der Waals surface area contributed by atoms with Crippen LogP contribution in [-0.2, 0) is 4.79 Å². The highest BCUT2D eigenvalue weighted by Crippen LogP contribution is 2.46. The minimum atomic E-state index is -0.884. The van der Waals surface area contributed by atoms with Crippen LogP contribution in [0.4, 0.5) is 17.1 Å². The average molecular weight is 516 g/mol. The molecule has 1 heterocycles. The second-order valence-corrected chi connectivity index (χ2v) is 9.94. The first-order valence-electron chi connectivity index (χ1n) is 12.0. The molecule has 0 saturated carbocycles. The summed E-state index contributed by atoms with van der Waals surface area (Å²) in [4.78, 5) is 39.7. The largest absolute Gasteiger partial charge is 0.478 e. The van der Waals surface area contributed by atoms with Crippen LogP contribution in [0.5, 0.6) is 0 Å². The van der Waals surface area contributed by atoms with Gasteiger partial charge in [-0.05, 0) is 67.6 Å². The average Bonchev–Trinajstić information content (AvgIpc) is 3.25. The van der Waals surface area contributed by atoms with Gasteiger partial charge in [-0.25, -0.2) is 4.79 Å². The molecule has 0 saturated heterocycles. The zero-order chi connectivity index (χ0) is 26.3. The fraction of sp³-hybridized carbons (Fsp3) is 0.207. The Balaban J connectivity index is 1.40. The molecule has 188 valence electrons. The standard InChI is InChI=1S/C29H26ClN3O4/c1-16-6-8-23(30)22(12-16)27(34)32-25-9-7-18(15-24(25)31)28(35)33-11-10-17-13-19(29(36)37)14-21(17)20-4-2-3-5-26(20)33/h2-9,12,14-15,17,21H,10-11,13,31H2,1H3,(H,32,34)(H,36,37)/t17?,21-/m0/s1. The summed E-state index contributed by atoms with van der Waals surface area (Å²) in [7, 11) is 0. The van der Waals surface area contributed by atoms with Crippen molar-refractivity contribution in [3.05, 3.63) is 99.6 Å². The molecule has 4 N–H and O–H groups in total. The fourth-order valence-corrected chi connectivity index (χ4v) is 5.43. The van der Waals surface area contributed by atoms with Crippen LogP contribution in [0.3, 0.4) is 0 Å². The summed E-state index contributed by atoms with van der Waals surface area (Å²) in [6.45, 7) is 2.33. The monoisotopic (exact) mass is 515 g/mol. The maximum absolute atomic E-state index is 13.7. The Morgan fingerprint density at radius 1 is 1.08 bits per heavy atom. The van der Waals surface area contributed by atoms with Crippen molar-refractivity contribution in [2.24, 2.45) is 5.92 Å².